The van der Waals surface area contributed by atoms with Crippen molar-refractivity contribution in [3.8, 4) is 16.9 Å². The highest BCUT2D eigenvalue weighted by Crippen LogP contribution is 2.25. The van der Waals surface area contributed by atoms with Crippen molar-refractivity contribution in [2.75, 3.05) is 0 Å². The van der Waals surface area contributed by atoms with Crippen LogP contribution >= 0.6 is 15.9 Å². The third-order valence-corrected chi connectivity index (χ3v) is 3.34. The maximum atomic E-state index is 12.0. The molecule has 3 rings (SSSR count). The number of halogens is 1. The van der Waals surface area contributed by atoms with Gasteiger partial charge in [0.15, 0.2) is 0 Å². The fourth-order valence-electron chi connectivity index (χ4n) is 1.97. The van der Waals surface area contributed by atoms with E-state index in [4.69, 9.17) is 4.42 Å². The lowest BCUT2D eigenvalue weighted by molar-refractivity contribution is 0.475. The van der Waals surface area contributed by atoms with E-state index in [2.05, 4.69) is 15.9 Å². The van der Waals surface area contributed by atoms with Crippen LogP contribution in [0.25, 0.3) is 22.1 Å². The zero-order valence-corrected chi connectivity index (χ0v) is 11.3. The highest BCUT2D eigenvalue weighted by molar-refractivity contribution is 9.10. The van der Waals surface area contributed by atoms with Gasteiger partial charge in [0, 0.05) is 9.86 Å². The zero-order chi connectivity index (χ0) is 13.4. The van der Waals surface area contributed by atoms with Crippen molar-refractivity contribution < 1.29 is 9.52 Å². The summed E-state index contributed by atoms with van der Waals surface area (Å²) in [6.45, 7) is 0. The minimum Gasteiger partial charge on any atom is -0.508 e. The summed E-state index contributed by atoms with van der Waals surface area (Å²) in [6, 6.07) is 13.8. The van der Waals surface area contributed by atoms with E-state index in [9.17, 15) is 9.90 Å². The van der Waals surface area contributed by atoms with Crippen LogP contribution < -0.4 is 5.63 Å². The van der Waals surface area contributed by atoms with Gasteiger partial charge >= 0.3 is 5.63 Å². The second kappa shape index (κ2) is 4.55. The highest BCUT2D eigenvalue weighted by Gasteiger charge is 2.08. The molecule has 0 aliphatic heterocycles. The van der Waals surface area contributed by atoms with Gasteiger partial charge in [0.1, 0.15) is 11.3 Å². The monoisotopic (exact) mass is 316 g/mol. The Bertz CT molecular complexity index is 821. The van der Waals surface area contributed by atoms with Gasteiger partial charge in [-0.15, -0.1) is 0 Å². The lowest BCUT2D eigenvalue weighted by Crippen LogP contribution is -2.02. The van der Waals surface area contributed by atoms with Gasteiger partial charge in [-0.1, -0.05) is 28.1 Å². The summed E-state index contributed by atoms with van der Waals surface area (Å²) in [5.41, 5.74) is 1.19. The normalized spacial score (nSPS) is 10.8. The van der Waals surface area contributed by atoms with E-state index in [0.29, 0.717) is 16.7 Å². The molecule has 0 unspecified atom stereocenters. The van der Waals surface area contributed by atoms with Gasteiger partial charge in [-0.3, -0.25) is 0 Å². The molecule has 0 aliphatic carbocycles. The molecule has 2 aromatic carbocycles. The SMILES string of the molecule is O=c1oc2ccc(Br)cc2cc1-c1cccc(O)c1. The van der Waals surface area contributed by atoms with Crippen LogP contribution in [0, 0.1) is 0 Å². The molecule has 1 heterocycles. The molecule has 3 aromatic rings. The molecular weight excluding hydrogens is 308 g/mol. The van der Waals surface area contributed by atoms with Gasteiger partial charge in [-0.05, 0) is 42.0 Å². The fraction of sp³-hybridized carbons (Fsp3) is 0. The summed E-state index contributed by atoms with van der Waals surface area (Å²) in [5, 5.41) is 10.3. The zero-order valence-electron chi connectivity index (χ0n) is 9.76. The predicted octanol–water partition coefficient (Wildman–Crippen LogP) is 3.93. The van der Waals surface area contributed by atoms with Crippen molar-refractivity contribution in [1.82, 2.24) is 0 Å². The fourth-order valence-corrected chi connectivity index (χ4v) is 2.35. The van der Waals surface area contributed by atoms with Crippen molar-refractivity contribution in [2.45, 2.75) is 0 Å². The molecule has 94 valence electrons. The molecule has 1 aromatic heterocycles. The smallest absolute Gasteiger partial charge is 0.344 e. The van der Waals surface area contributed by atoms with E-state index in [1.54, 1.807) is 30.3 Å². The van der Waals surface area contributed by atoms with Crippen molar-refractivity contribution in [2.24, 2.45) is 0 Å². The molecular formula is C15H9BrO3. The third kappa shape index (κ3) is 2.27. The molecule has 0 amide bonds. The number of rotatable bonds is 1. The van der Waals surface area contributed by atoms with Crippen molar-refractivity contribution in [3.05, 3.63) is 63.4 Å². The Morgan fingerprint density at radius 1 is 1.05 bits per heavy atom. The summed E-state index contributed by atoms with van der Waals surface area (Å²) in [6.07, 6.45) is 0. The number of hydrogen-bond acceptors (Lipinski definition) is 3. The van der Waals surface area contributed by atoms with Gasteiger partial charge in [-0.2, -0.15) is 0 Å². The molecule has 0 atom stereocenters. The standard InChI is InChI=1S/C15H9BrO3/c16-11-4-5-14-10(6-11)8-13(15(18)19-14)9-2-1-3-12(17)7-9/h1-8,17H. The minimum atomic E-state index is -0.416. The molecule has 0 aliphatic rings. The molecule has 3 nitrogen and oxygen atoms in total. The lowest BCUT2D eigenvalue weighted by atomic mass is 10.1. The Kier molecular flexibility index (Phi) is 2.87. The van der Waals surface area contributed by atoms with E-state index in [0.717, 1.165) is 9.86 Å². The first-order chi connectivity index (χ1) is 9.13. The molecule has 0 saturated carbocycles. The Balaban J connectivity index is 2.29. The average molecular weight is 317 g/mol. The number of phenols is 1. The molecule has 0 bridgehead atoms. The molecule has 0 saturated heterocycles. The number of fused-ring (bicyclic) bond motifs is 1. The lowest BCUT2D eigenvalue weighted by Gasteiger charge is -2.03. The first-order valence-electron chi connectivity index (χ1n) is 5.66. The van der Waals surface area contributed by atoms with Crippen molar-refractivity contribution >= 4 is 26.9 Å². The first-order valence-corrected chi connectivity index (χ1v) is 6.45. The molecule has 19 heavy (non-hydrogen) atoms. The Morgan fingerprint density at radius 2 is 1.89 bits per heavy atom. The van der Waals surface area contributed by atoms with Crippen LogP contribution in [0.5, 0.6) is 5.75 Å². The highest BCUT2D eigenvalue weighted by atomic mass is 79.9. The molecule has 0 radical (unpaired) electrons. The molecule has 0 fully saturated rings. The van der Waals surface area contributed by atoms with Crippen LogP contribution in [-0.2, 0) is 0 Å². The van der Waals surface area contributed by atoms with E-state index >= 15 is 0 Å². The maximum Gasteiger partial charge on any atom is 0.344 e. The summed E-state index contributed by atoms with van der Waals surface area (Å²) >= 11 is 3.38. The minimum absolute atomic E-state index is 0.117. The Morgan fingerprint density at radius 3 is 2.68 bits per heavy atom. The topological polar surface area (TPSA) is 50.4 Å². The summed E-state index contributed by atoms with van der Waals surface area (Å²) in [4.78, 5) is 12.0. The first kappa shape index (κ1) is 12.0. The Hall–Kier alpha value is -2.07. The van der Waals surface area contributed by atoms with Crippen LogP contribution in [0.2, 0.25) is 0 Å². The average Bonchev–Trinajstić information content (AvgIpc) is 2.38. The number of aromatic hydroxyl groups is 1. The number of hydrogen-bond donors (Lipinski definition) is 1. The molecule has 4 heteroatoms. The third-order valence-electron chi connectivity index (χ3n) is 2.85. The van der Waals surface area contributed by atoms with Crippen LogP contribution in [0.15, 0.2) is 62.2 Å². The van der Waals surface area contributed by atoms with Crippen LogP contribution in [-0.4, -0.2) is 5.11 Å². The van der Waals surface area contributed by atoms with E-state index in [-0.39, 0.29) is 5.75 Å². The quantitative estimate of drug-likeness (QED) is 0.692. The van der Waals surface area contributed by atoms with Gasteiger partial charge < -0.3 is 9.52 Å². The Labute approximate surface area is 117 Å². The van der Waals surface area contributed by atoms with Gasteiger partial charge in [0.25, 0.3) is 0 Å². The van der Waals surface area contributed by atoms with Gasteiger partial charge in [-0.25, -0.2) is 4.79 Å². The molecule has 0 spiro atoms. The van der Waals surface area contributed by atoms with Crippen LogP contribution in [0.3, 0.4) is 0 Å². The number of phenolic OH excluding ortho intramolecular Hbond substituents is 1. The second-order valence-electron chi connectivity index (χ2n) is 4.18. The largest absolute Gasteiger partial charge is 0.508 e. The molecule has 1 N–H and O–H groups in total. The van der Waals surface area contributed by atoms with Crippen LogP contribution in [0.4, 0.5) is 0 Å². The number of benzene rings is 2. The van der Waals surface area contributed by atoms with E-state index in [1.807, 2.05) is 12.1 Å². The van der Waals surface area contributed by atoms with Gasteiger partial charge in [0.05, 0.1) is 5.56 Å². The van der Waals surface area contributed by atoms with Crippen molar-refractivity contribution in [3.63, 3.8) is 0 Å². The summed E-state index contributed by atoms with van der Waals surface area (Å²) in [5.74, 6) is 0.117. The maximum absolute atomic E-state index is 12.0. The van der Waals surface area contributed by atoms with Crippen LogP contribution in [0.1, 0.15) is 0 Å². The second-order valence-corrected chi connectivity index (χ2v) is 5.10. The van der Waals surface area contributed by atoms with Crippen molar-refractivity contribution in [1.29, 1.82) is 0 Å². The van der Waals surface area contributed by atoms with E-state index in [1.165, 1.54) is 6.07 Å². The van der Waals surface area contributed by atoms with Gasteiger partial charge in [0.2, 0.25) is 0 Å². The summed E-state index contributed by atoms with van der Waals surface area (Å²) < 4.78 is 6.20. The predicted molar refractivity (Wildman–Crippen MR) is 77.3 cm³/mol. The van der Waals surface area contributed by atoms with E-state index < -0.39 is 5.63 Å². The summed E-state index contributed by atoms with van der Waals surface area (Å²) in [7, 11) is 0.